The van der Waals surface area contributed by atoms with Gasteiger partial charge in [0.05, 0.1) is 18.4 Å². The molecular weight excluding hydrogens is 422 g/mol. The van der Waals surface area contributed by atoms with E-state index in [0.29, 0.717) is 5.56 Å². The first-order valence-corrected chi connectivity index (χ1v) is 11.8. The maximum atomic E-state index is 12.8. The molecule has 5 nitrogen and oxygen atoms in total. The van der Waals surface area contributed by atoms with E-state index in [1.807, 2.05) is 42.5 Å². The standard InChI is InChI=1S/C29H29N3O2/c1-34-27-12-8-22(9-13-27)28-14-10-25(19-30-28)29(33)31-26-11-7-23-17-21(5-6-24(23)18-26)20-32-15-3-2-4-16-32/h5-14,17-19H,2-4,15-16,20H2,1H3,(H,31,33). The first-order chi connectivity index (χ1) is 16.7. The van der Waals surface area contributed by atoms with Gasteiger partial charge in [0, 0.05) is 24.0 Å². The molecule has 1 aliphatic rings. The van der Waals surface area contributed by atoms with Gasteiger partial charge in [0.15, 0.2) is 0 Å². The van der Waals surface area contributed by atoms with Gasteiger partial charge in [-0.15, -0.1) is 0 Å². The average molecular weight is 452 g/mol. The van der Waals surface area contributed by atoms with Gasteiger partial charge >= 0.3 is 0 Å². The van der Waals surface area contributed by atoms with Crippen molar-refractivity contribution in [3.63, 3.8) is 0 Å². The highest BCUT2D eigenvalue weighted by atomic mass is 16.5. The van der Waals surface area contributed by atoms with Crippen molar-refractivity contribution in [3.8, 4) is 17.0 Å². The third kappa shape index (κ3) is 5.10. The van der Waals surface area contributed by atoms with Crippen molar-refractivity contribution < 1.29 is 9.53 Å². The van der Waals surface area contributed by atoms with Crippen molar-refractivity contribution in [2.45, 2.75) is 25.8 Å². The van der Waals surface area contributed by atoms with Crippen molar-refractivity contribution in [1.82, 2.24) is 9.88 Å². The minimum atomic E-state index is -0.171. The van der Waals surface area contributed by atoms with Crippen LogP contribution in [0.25, 0.3) is 22.0 Å². The molecule has 0 radical (unpaired) electrons. The maximum Gasteiger partial charge on any atom is 0.257 e. The molecule has 0 aliphatic carbocycles. The lowest BCUT2D eigenvalue weighted by Gasteiger charge is -2.26. The smallest absolute Gasteiger partial charge is 0.257 e. The van der Waals surface area contributed by atoms with Gasteiger partial charge in [0.1, 0.15) is 5.75 Å². The van der Waals surface area contributed by atoms with E-state index in [4.69, 9.17) is 4.74 Å². The van der Waals surface area contributed by atoms with Gasteiger partial charge in [-0.1, -0.05) is 24.6 Å². The molecule has 4 aromatic rings. The average Bonchev–Trinajstić information content (AvgIpc) is 2.89. The summed E-state index contributed by atoms with van der Waals surface area (Å²) < 4.78 is 5.20. The van der Waals surface area contributed by atoms with Gasteiger partial charge < -0.3 is 10.1 Å². The minimum Gasteiger partial charge on any atom is -0.497 e. The molecule has 5 rings (SSSR count). The van der Waals surface area contributed by atoms with Gasteiger partial charge in [-0.25, -0.2) is 0 Å². The fraction of sp³-hybridized carbons (Fsp3) is 0.241. The first-order valence-electron chi connectivity index (χ1n) is 11.8. The summed E-state index contributed by atoms with van der Waals surface area (Å²) >= 11 is 0. The highest BCUT2D eigenvalue weighted by molar-refractivity contribution is 6.05. The Labute approximate surface area is 200 Å². The molecule has 1 amide bonds. The molecule has 3 aromatic carbocycles. The Kier molecular flexibility index (Phi) is 6.54. The van der Waals surface area contributed by atoms with E-state index >= 15 is 0 Å². The van der Waals surface area contributed by atoms with Crippen LogP contribution in [0.2, 0.25) is 0 Å². The lowest BCUT2D eigenvalue weighted by atomic mass is 10.0. The number of likely N-dealkylation sites (tertiary alicyclic amines) is 1. The zero-order valence-electron chi connectivity index (χ0n) is 19.5. The Hall–Kier alpha value is -3.70. The Balaban J connectivity index is 1.25. The molecule has 1 fully saturated rings. The summed E-state index contributed by atoms with van der Waals surface area (Å²) in [6, 6.07) is 24.0. The summed E-state index contributed by atoms with van der Waals surface area (Å²) in [5.74, 6) is 0.628. The largest absolute Gasteiger partial charge is 0.497 e. The van der Waals surface area contributed by atoms with Crippen LogP contribution in [0.4, 0.5) is 5.69 Å². The summed E-state index contributed by atoms with van der Waals surface area (Å²) in [6.07, 6.45) is 5.57. The van der Waals surface area contributed by atoms with E-state index in [-0.39, 0.29) is 5.91 Å². The van der Waals surface area contributed by atoms with E-state index in [9.17, 15) is 4.79 Å². The number of hydrogen-bond donors (Lipinski definition) is 1. The molecule has 172 valence electrons. The summed E-state index contributed by atoms with van der Waals surface area (Å²) in [6.45, 7) is 3.39. The third-order valence-corrected chi connectivity index (χ3v) is 6.43. The molecule has 2 heterocycles. The van der Waals surface area contributed by atoms with Crippen molar-refractivity contribution in [1.29, 1.82) is 0 Å². The number of nitrogens with one attached hydrogen (secondary N) is 1. The summed E-state index contributed by atoms with van der Waals surface area (Å²) in [5.41, 5.74) is 4.43. The maximum absolute atomic E-state index is 12.8. The number of benzene rings is 3. The summed E-state index contributed by atoms with van der Waals surface area (Å²) in [5, 5.41) is 5.31. The fourth-order valence-electron chi connectivity index (χ4n) is 4.51. The zero-order chi connectivity index (χ0) is 23.3. The number of aromatic nitrogens is 1. The number of nitrogens with zero attached hydrogens (tertiary/aromatic N) is 2. The number of carbonyl (C=O) groups excluding carboxylic acids is 1. The van der Waals surface area contributed by atoms with Crippen LogP contribution in [-0.2, 0) is 6.54 Å². The van der Waals surface area contributed by atoms with Crippen LogP contribution in [0.1, 0.15) is 35.2 Å². The molecule has 5 heteroatoms. The zero-order valence-corrected chi connectivity index (χ0v) is 19.5. The second-order valence-electron chi connectivity index (χ2n) is 8.85. The number of pyridine rings is 1. The molecular formula is C29H29N3O2. The molecule has 1 aromatic heterocycles. The number of piperidine rings is 1. The van der Waals surface area contributed by atoms with Gasteiger partial charge in [-0.05, 0) is 96.9 Å². The van der Waals surface area contributed by atoms with E-state index in [1.165, 1.54) is 43.3 Å². The fourth-order valence-corrected chi connectivity index (χ4v) is 4.51. The number of methoxy groups -OCH3 is 1. The van der Waals surface area contributed by atoms with Crippen molar-refractivity contribution >= 4 is 22.4 Å². The Morgan fingerprint density at radius 1 is 0.912 bits per heavy atom. The molecule has 1 saturated heterocycles. The third-order valence-electron chi connectivity index (χ3n) is 6.43. The van der Waals surface area contributed by atoms with Crippen molar-refractivity contribution in [3.05, 3.63) is 90.1 Å². The van der Waals surface area contributed by atoms with Crippen molar-refractivity contribution in [2.75, 3.05) is 25.5 Å². The summed E-state index contributed by atoms with van der Waals surface area (Å²) in [4.78, 5) is 19.8. The molecule has 0 spiro atoms. The highest BCUT2D eigenvalue weighted by Gasteiger charge is 2.11. The predicted molar refractivity (Wildman–Crippen MR) is 137 cm³/mol. The molecule has 34 heavy (non-hydrogen) atoms. The van der Waals surface area contributed by atoms with Crippen LogP contribution in [-0.4, -0.2) is 36.0 Å². The topological polar surface area (TPSA) is 54.5 Å². The van der Waals surface area contributed by atoms with Crippen LogP contribution in [0, 0.1) is 0 Å². The Morgan fingerprint density at radius 3 is 2.41 bits per heavy atom. The first kappa shape index (κ1) is 22.1. The number of fused-ring (bicyclic) bond motifs is 1. The van der Waals surface area contributed by atoms with Crippen LogP contribution in [0.5, 0.6) is 5.75 Å². The molecule has 1 N–H and O–H groups in total. The number of ether oxygens (including phenoxy) is 1. The number of carbonyl (C=O) groups is 1. The monoisotopic (exact) mass is 451 g/mol. The van der Waals surface area contributed by atoms with Crippen LogP contribution in [0.3, 0.4) is 0 Å². The minimum absolute atomic E-state index is 0.171. The number of rotatable bonds is 6. The lowest BCUT2D eigenvalue weighted by molar-refractivity contribution is 0.102. The Bertz CT molecular complexity index is 1280. The molecule has 0 atom stereocenters. The van der Waals surface area contributed by atoms with Gasteiger partial charge in [-0.2, -0.15) is 0 Å². The van der Waals surface area contributed by atoms with Gasteiger partial charge in [0.2, 0.25) is 0 Å². The van der Waals surface area contributed by atoms with E-state index < -0.39 is 0 Å². The van der Waals surface area contributed by atoms with Gasteiger partial charge in [-0.3, -0.25) is 14.7 Å². The summed E-state index contributed by atoms with van der Waals surface area (Å²) in [7, 11) is 1.64. The molecule has 1 aliphatic heterocycles. The number of anilines is 1. The van der Waals surface area contributed by atoms with Crippen molar-refractivity contribution in [2.24, 2.45) is 0 Å². The van der Waals surface area contributed by atoms with E-state index in [0.717, 1.165) is 34.6 Å². The van der Waals surface area contributed by atoms with Gasteiger partial charge in [0.25, 0.3) is 5.91 Å². The normalized spacial score (nSPS) is 14.1. The quantitative estimate of drug-likeness (QED) is 0.382. The van der Waals surface area contributed by atoms with E-state index in [1.54, 1.807) is 19.4 Å². The Morgan fingerprint density at radius 2 is 1.68 bits per heavy atom. The van der Waals surface area contributed by atoms with Crippen LogP contribution >= 0.6 is 0 Å². The lowest BCUT2D eigenvalue weighted by Crippen LogP contribution is -2.29. The SMILES string of the molecule is COc1ccc(-c2ccc(C(=O)Nc3ccc4cc(CN5CCCCC5)ccc4c3)cn2)cc1. The highest BCUT2D eigenvalue weighted by Crippen LogP contribution is 2.24. The predicted octanol–water partition coefficient (Wildman–Crippen LogP) is 6.15. The van der Waals surface area contributed by atoms with Crippen LogP contribution in [0.15, 0.2) is 79.0 Å². The van der Waals surface area contributed by atoms with Crippen LogP contribution < -0.4 is 10.1 Å². The molecule has 0 saturated carbocycles. The second-order valence-corrected chi connectivity index (χ2v) is 8.85. The number of hydrogen-bond acceptors (Lipinski definition) is 4. The van der Waals surface area contributed by atoms with E-state index in [2.05, 4.69) is 39.5 Å². The molecule has 0 unspecified atom stereocenters. The number of amides is 1. The molecule has 0 bridgehead atoms. The second kappa shape index (κ2) is 10.1.